The maximum Gasteiger partial charge on any atom is 0.326 e. The number of carbonyl (C=O) groups excluding carboxylic acids is 1. The molecule has 0 spiro atoms. The lowest BCUT2D eigenvalue weighted by molar-refractivity contribution is -0.141. The highest BCUT2D eigenvalue weighted by atomic mass is 16.5. The third-order valence-electron chi connectivity index (χ3n) is 4.21. The summed E-state index contributed by atoms with van der Waals surface area (Å²) in [4.78, 5) is 25.2. The van der Waals surface area contributed by atoms with E-state index in [0.29, 0.717) is 5.69 Å². The lowest BCUT2D eigenvalue weighted by Gasteiger charge is -2.19. The number of methoxy groups -OCH3 is 1. The maximum atomic E-state index is 12.6. The molecule has 1 aromatic heterocycles. The number of aryl methyl sites for hydroxylation is 1. The number of carbonyl (C=O) groups is 2. The van der Waals surface area contributed by atoms with Gasteiger partial charge in [-0.05, 0) is 6.92 Å². The van der Waals surface area contributed by atoms with E-state index < -0.39 is 17.9 Å². The molecule has 1 fully saturated rings. The molecule has 1 aromatic carbocycles. The van der Waals surface area contributed by atoms with Crippen molar-refractivity contribution in [1.29, 1.82) is 0 Å². The van der Waals surface area contributed by atoms with Crippen LogP contribution in [-0.2, 0) is 9.53 Å². The third-order valence-corrected chi connectivity index (χ3v) is 4.21. The summed E-state index contributed by atoms with van der Waals surface area (Å²) in [5.41, 5.74) is 2.48. The third kappa shape index (κ3) is 3.03. The second-order valence-electron chi connectivity index (χ2n) is 5.85. The molecule has 0 saturated carbocycles. The zero-order valence-electron chi connectivity index (χ0n) is 13.4. The molecular weight excluding hydrogens is 312 g/mol. The lowest BCUT2D eigenvalue weighted by Crippen LogP contribution is -2.40. The van der Waals surface area contributed by atoms with Crippen LogP contribution in [0.5, 0.6) is 0 Å². The van der Waals surface area contributed by atoms with Crippen LogP contribution < -0.4 is 0 Å². The average Bonchev–Trinajstić information content (AvgIpc) is 3.22. The van der Waals surface area contributed by atoms with Crippen LogP contribution in [0.2, 0.25) is 0 Å². The fourth-order valence-corrected chi connectivity index (χ4v) is 2.80. The Morgan fingerprint density at radius 2 is 2.04 bits per heavy atom. The van der Waals surface area contributed by atoms with Crippen molar-refractivity contribution >= 4 is 11.9 Å². The normalized spacial score (nSPS) is 20.3. The van der Waals surface area contributed by atoms with Crippen molar-refractivity contribution in [2.24, 2.45) is 0 Å². The molecule has 0 bridgehead atoms. The number of likely N-dealkylation sites (tertiary alicyclic amines) is 1. The minimum atomic E-state index is -1.05. The van der Waals surface area contributed by atoms with Gasteiger partial charge in [0.25, 0.3) is 5.91 Å². The van der Waals surface area contributed by atoms with Gasteiger partial charge < -0.3 is 19.3 Å². The summed E-state index contributed by atoms with van der Waals surface area (Å²) in [5, 5.41) is 13.2. The minimum absolute atomic E-state index is 0.0218. The number of amides is 1. The molecular formula is C17H18N2O5. The van der Waals surface area contributed by atoms with Crippen molar-refractivity contribution in [2.45, 2.75) is 25.5 Å². The number of aliphatic carboxylic acids is 1. The van der Waals surface area contributed by atoms with Gasteiger partial charge in [-0.15, -0.1) is 0 Å². The zero-order valence-corrected chi connectivity index (χ0v) is 13.4. The molecule has 7 heteroatoms. The Morgan fingerprint density at radius 1 is 1.33 bits per heavy atom. The van der Waals surface area contributed by atoms with E-state index >= 15 is 0 Å². The van der Waals surface area contributed by atoms with E-state index in [0.717, 1.165) is 11.1 Å². The molecule has 1 saturated heterocycles. The summed E-state index contributed by atoms with van der Waals surface area (Å²) in [6.07, 6.45) is -0.0363. The van der Waals surface area contributed by atoms with Crippen molar-refractivity contribution in [3.05, 3.63) is 41.7 Å². The van der Waals surface area contributed by atoms with Gasteiger partial charge in [0.15, 0.2) is 0 Å². The fraction of sp³-hybridized carbons (Fsp3) is 0.353. The smallest absolute Gasteiger partial charge is 0.326 e. The van der Waals surface area contributed by atoms with E-state index in [4.69, 9.17) is 9.26 Å². The number of nitrogens with zero attached hydrogens (tertiary/aromatic N) is 2. The molecule has 1 aliphatic rings. The summed E-state index contributed by atoms with van der Waals surface area (Å²) in [5.74, 6) is -1.53. The van der Waals surface area contributed by atoms with E-state index in [1.165, 1.54) is 18.1 Å². The molecule has 0 aliphatic carbocycles. The summed E-state index contributed by atoms with van der Waals surface area (Å²) >= 11 is 0. The SMILES string of the molecule is COC1CC(C(=O)O)N(C(=O)c2cc(-c3ccc(C)cc3)no2)C1. The summed E-state index contributed by atoms with van der Waals surface area (Å²) < 4.78 is 10.3. The van der Waals surface area contributed by atoms with Crippen LogP contribution in [0.3, 0.4) is 0 Å². The van der Waals surface area contributed by atoms with Crippen LogP contribution in [0.25, 0.3) is 11.3 Å². The lowest BCUT2D eigenvalue weighted by atomic mass is 10.1. The molecule has 7 nitrogen and oxygen atoms in total. The van der Waals surface area contributed by atoms with Gasteiger partial charge >= 0.3 is 5.97 Å². The monoisotopic (exact) mass is 330 g/mol. The van der Waals surface area contributed by atoms with Gasteiger partial charge in [0, 0.05) is 31.7 Å². The molecule has 126 valence electrons. The number of carboxylic acid groups (broad SMARTS) is 1. The highest BCUT2D eigenvalue weighted by molar-refractivity contribution is 5.95. The van der Waals surface area contributed by atoms with Crippen LogP contribution in [0.1, 0.15) is 22.5 Å². The molecule has 1 aliphatic heterocycles. The van der Waals surface area contributed by atoms with Crippen LogP contribution in [0.4, 0.5) is 0 Å². The second kappa shape index (κ2) is 6.45. The van der Waals surface area contributed by atoms with Crippen LogP contribution in [-0.4, -0.2) is 52.8 Å². The van der Waals surface area contributed by atoms with Gasteiger partial charge in [0.2, 0.25) is 5.76 Å². The summed E-state index contributed by atoms with van der Waals surface area (Å²) in [7, 11) is 1.50. The molecule has 2 aromatic rings. The van der Waals surface area contributed by atoms with Crippen LogP contribution >= 0.6 is 0 Å². The number of ether oxygens (including phenoxy) is 1. The van der Waals surface area contributed by atoms with Crippen LogP contribution in [0, 0.1) is 6.92 Å². The Labute approximate surface area is 138 Å². The first kappa shape index (κ1) is 16.2. The molecule has 2 unspecified atom stereocenters. The first-order valence-corrected chi connectivity index (χ1v) is 7.60. The second-order valence-corrected chi connectivity index (χ2v) is 5.85. The first-order valence-electron chi connectivity index (χ1n) is 7.60. The number of carboxylic acids is 1. The summed E-state index contributed by atoms with van der Waals surface area (Å²) in [6.45, 7) is 2.19. The Kier molecular flexibility index (Phi) is 4.35. The number of rotatable bonds is 4. The standard InChI is InChI=1S/C17H18N2O5/c1-10-3-5-11(6-4-10)13-8-15(24-18-13)16(20)19-9-12(23-2)7-14(19)17(21)22/h3-6,8,12,14H,7,9H2,1-2H3,(H,21,22). The number of benzene rings is 1. The van der Waals surface area contributed by atoms with Gasteiger partial charge in [-0.2, -0.15) is 0 Å². The van der Waals surface area contributed by atoms with Gasteiger partial charge in [0.05, 0.1) is 6.10 Å². The Hall–Kier alpha value is -2.67. The maximum absolute atomic E-state index is 12.6. The fourth-order valence-electron chi connectivity index (χ4n) is 2.80. The minimum Gasteiger partial charge on any atom is -0.480 e. The zero-order chi connectivity index (χ0) is 17.3. The highest BCUT2D eigenvalue weighted by Crippen LogP contribution is 2.25. The number of hydrogen-bond acceptors (Lipinski definition) is 5. The average molecular weight is 330 g/mol. The molecule has 24 heavy (non-hydrogen) atoms. The molecule has 0 radical (unpaired) electrons. The molecule has 2 atom stereocenters. The molecule has 1 N–H and O–H groups in total. The van der Waals surface area contributed by atoms with Crippen molar-refractivity contribution in [1.82, 2.24) is 10.1 Å². The highest BCUT2D eigenvalue weighted by Gasteiger charge is 2.41. The van der Waals surface area contributed by atoms with Crippen molar-refractivity contribution in [2.75, 3.05) is 13.7 Å². The topological polar surface area (TPSA) is 92.9 Å². The van der Waals surface area contributed by atoms with E-state index in [-0.39, 0.29) is 24.8 Å². The van der Waals surface area contributed by atoms with Gasteiger partial charge in [0.1, 0.15) is 11.7 Å². The number of aromatic nitrogens is 1. The van der Waals surface area contributed by atoms with Crippen molar-refractivity contribution in [3.63, 3.8) is 0 Å². The van der Waals surface area contributed by atoms with Gasteiger partial charge in [-0.3, -0.25) is 4.79 Å². The first-order chi connectivity index (χ1) is 11.5. The number of hydrogen-bond donors (Lipinski definition) is 1. The predicted octanol–water partition coefficient (Wildman–Crippen LogP) is 1.96. The van der Waals surface area contributed by atoms with Gasteiger partial charge in [-0.1, -0.05) is 35.0 Å². The van der Waals surface area contributed by atoms with Crippen molar-refractivity contribution < 1.29 is 24.0 Å². The Bertz CT molecular complexity index is 753. The Balaban J connectivity index is 1.82. The van der Waals surface area contributed by atoms with Crippen molar-refractivity contribution in [3.8, 4) is 11.3 Å². The van der Waals surface area contributed by atoms with E-state index in [9.17, 15) is 14.7 Å². The van der Waals surface area contributed by atoms with Gasteiger partial charge in [-0.25, -0.2) is 4.79 Å². The van der Waals surface area contributed by atoms with E-state index in [1.54, 1.807) is 0 Å². The molecule has 1 amide bonds. The molecule has 2 heterocycles. The Morgan fingerprint density at radius 3 is 2.67 bits per heavy atom. The molecule has 3 rings (SSSR count). The predicted molar refractivity (Wildman–Crippen MR) is 84.6 cm³/mol. The largest absolute Gasteiger partial charge is 0.480 e. The van der Waals surface area contributed by atoms with E-state index in [2.05, 4.69) is 5.16 Å². The van der Waals surface area contributed by atoms with E-state index in [1.807, 2.05) is 31.2 Å². The quantitative estimate of drug-likeness (QED) is 0.921. The summed E-state index contributed by atoms with van der Waals surface area (Å²) in [6, 6.07) is 8.27. The van der Waals surface area contributed by atoms with Crippen LogP contribution in [0.15, 0.2) is 34.9 Å².